The highest BCUT2D eigenvalue weighted by Gasteiger charge is 2.20. The number of aromatic nitrogens is 1. The van der Waals surface area contributed by atoms with Crippen LogP contribution in [0.4, 0.5) is 11.5 Å². The van der Waals surface area contributed by atoms with Crippen molar-refractivity contribution in [1.82, 2.24) is 4.98 Å². The molecule has 0 saturated heterocycles. The summed E-state index contributed by atoms with van der Waals surface area (Å²) in [6.07, 6.45) is 0. The number of rotatable bonds is 4. The molecule has 0 aliphatic rings. The lowest BCUT2D eigenvalue weighted by Gasteiger charge is -2.08. The largest absolute Gasteiger partial charge is 0.478 e. The van der Waals surface area contributed by atoms with Crippen LogP contribution in [0.3, 0.4) is 0 Å². The lowest BCUT2D eigenvalue weighted by atomic mass is 10.1. The first kappa shape index (κ1) is 14.5. The van der Waals surface area contributed by atoms with E-state index in [2.05, 4.69) is 10.3 Å². The monoisotopic (exact) mass is 309 g/mol. The van der Waals surface area contributed by atoms with E-state index >= 15 is 0 Å². The summed E-state index contributed by atoms with van der Waals surface area (Å²) >= 11 is 5.77. The molecule has 0 saturated carbocycles. The minimum atomic E-state index is -1.30. The van der Waals surface area contributed by atoms with Gasteiger partial charge in [-0.3, -0.25) is 4.79 Å². The van der Waals surface area contributed by atoms with E-state index in [9.17, 15) is 19.7 Å². The molecule has 0 spiro atoms. The molecule has 108 valence electrons. The number of carbonyl (C=O) groups excluding carboxylic acids is 1. The Balaban J connectivity index is 2.29. The summed E-state index contributed by atoms with van der Waals surface area (Å²) in [5.41, 5.74) is -0.330. The maximum atomic E-state index is 11.9. The van der Waals surface area contributed by atoms with Crippen molar-refractivity contribution in [1.29, 1.82) is 0 Å². The number of carboxylic acids is 1. The van der Waals surface area contributed by atoms with Crippen LogP contribution in [0.2, 0.25) is 5.02 Å². The molecule has 3 N–H and O–H groups in total. The number of benzene rings is 1. The van der Waals surface area contributed by atoms with E-state index in [1.807, 2.05) is 0 Å². The number of halogens is 1. The minimum Gasteiger partial charge on any atom is -0.478 e. The van der Waals surface area contributed by atoms with Crippen LogP contribution < -0.4 is 5.32 Å². The van der Waals surface area contributed by atoms with E-state index < -0.39 is 16.8 Å². The van der Waals surface area contributed by atoms with Crippen molar-refractivity contribution in [3.05, 3.63) is 56.7 Å². The molecule has 8 nitrogen and oxygen atoms in total. The van der Waals surface area contributed by atoms with Gasteiger partial charge in [-0.25, -0.2) is 9.78 Å². The molecular formula is C12H8ClN3O5. The zero-order valence-corrected chi connectivity index (χ0v) is 11.0. The molecule has 1 aromatic carbocycles. The van der Waals surface area contributed by atoms with Gasteiger partial charge in [0, 0.05) is 6.07 Å². The predicted octanol–water partition coefficient (Wildman–Crippen LogP) is 2.53. The van der Waals surface area contributed by atoms with Gasteiger partial charge >= 0.3 is 11.8 Å². The summed E-state index contributed by atoms with van der Waals surface area (Å²) in [6.45, 7) is 0. The molecular weight excluding hydrogens is 302 g/mol. The van der Waals surface area contributed by atoms with Gasteiger partial charge in [0.05, 0.1) is 10.7 Å². The van der Waals surface area contributed by atoms with Gasteiger partial charge in [-0.1, -0.05) is 17.7 Å². The number of carboxylic acid groups (broad SMARTS) is 1. The van der Waals surface area contributed by atoms with Crippen molar-refractivity contribution in [3.63, 3.8) is 0 Å². The van der Waals surface area contributed by atoms with Crippen LogP contribution in [0.25, 0.3) is 0 Å². The lowest BCUT2D eigenvalue weighted by molar-refractivity contribution is -0.389. The van der Waals surface area contributed by atoms with Gasteiger partial charge in [-0.15, -0.1) is 0 Å². The van der Waals surface area contributed by atoms with Gasteiger partial charge in [0.1, 0.15) is 5.56 Å². The van der Waals surface area contributed by atoms with Gasteiger partial charge in [0.25, 0.3) is 5.91 Å². The summed E-state index contributed by atoms with van der Waals surface area (Å²) < 4.78 is 0. The van der Waals surface area contributed by atoms with Crippen molar-refractivity contribution in [2.45, 2.75) is 0 Å². The molecule has 1 amide bonds. The van der Waals surface area contributed by atoms with Gasteiger partial charge in [-0.05, 0) is 23.1 Å². The minimum absolute atomic E-state index is 0.00254. The Hall–Kier alpha value is -2.87. The summed E-state index contributed by atoms with van der Waals surface area (Å²) in [5, 5.41) is 21.9. The number of amides is 1. The Kier molecular flexibility index (Phi) is 3.90. The van der Waals surface area contributed by atoms with Crippen LogP contribution in [-0.4, -0.2) is 26.9 Å². The third-order valence-electron chi connectivity index (χ3n) is 2.59. The first-order chi connectivity index (χ1) is 9.90. The maximum absolute atomic E-state index is 11.9. The molecule has 1 aromatic heterocycles. The molecule has 0 unspecified atom stereocenters. The Morgan fingerprint density at radius 1 is 1.29 bits per heavy atom. The number of carbonyl (C=O) groups is 2. The van der Waals surface area contributed by atoms with Crippen molar-refractivity contribution in [2.75, 3.05) is 5.32 Å². The van der Waals surface area contributed by atoms with Crippen LogP contribution in [0.15, 0.2) is 30.3 Å². The van der Waals surface area contributed by atoms with E-state index in [4.69, 9.17) is 16.7 Å². The van der Waals surface area contributed by atoms with E-state index in [0.29, 0.717) is 0 Å². The fourth-order valence-electron chi connectivity index (χ4n) is 1.66. The number of aromatic amines is 1. The van der Waals surface area contributed by atoms with Crippen LogP contribution >= 0.6 is 11.6 Å². The molecule has 0 bridgehead atoms. The quantitative estimate of drug-likeness (QED) is 0.591. The second-order valence-corrected chi connectivity index (χ2v) is 4.34. The molecule has 2 rings (SSSR count). The van der Waals surface area contributed by atoms with Crippen molar-refractivity contribution in [2.24, 2.45) is 0 Å². The third kappa shape index (κ3) is 3.00. The molecule has 0 fully saturated rings. The number of hydrogen-bond acceptors (Lipinski definition) is 4. The highest BCUT2D eigenvalue weighted by Crippen LogP contribution is 2.25. The topological polar surface area (TPSA) is 125 Å². The third-order valence-corrected chi connectivity index (χ3v) is 2.90. The molecule has 0 aliphatic heterocycles. The van der Waals surface area contributed by atoms with E-state index in [1.165, 1.54) is 24.3 Å². The van der Waals surface area contributed by atoms with Gasteiger partial charge in [0.15, 0.2) is 5.69 Å². The highest BCUT2D eigenvalue weighted by atomic mass is 35.5. The van der Waals surface area contributed by atoms with Gasteiger partial charge < -0.3 is 20.5 Å². The molecule has 0 aliphatic carbocycles. The first-order valence-electron chi connectivity index (χ1n) is 5.56. The van der Waals surface area contributed by atoms with Crippen LogP contribution in [0.1, 0.15) is 20.8 Å². The molecule has 2 aromatic rings. The van der Waals surface area contributed by atoms with Gasteiger partial charge in [-0.2, -0.15) is 0 Å². The molecule has 0 atom stereocenters. The van der Waals surface area contributed by atoms with Crippen LogP contribution in [0, 0.1) is 10.1 Å². The molecule has 21 heavy (non-hydrogen) atoms. The average Bonchev–Trinajstić information content (AvgIpc) is 2.88. The zero-order valence-electron chi connectivity index (χ0n) is 10.3. The molecule has 1 heterocycles. The molecule has 9 heteroatoms. The summed E-state index contributed by atoms with van der Waals surface area (Å²) in [6, 6.07) is 6.57. The molecule has 0 radical (unpaired) electrons. The number of nitro groups is 1. The normalized spacial score (nSPS) is 10.1. The van der Waals surface area contributed by atoms with Crippen molar-refractivity contribution >= 4 is 35.0 Å². The number of nitrogens with one attached hydrogen (secondary N) is 2. The number of H-pyrrole nitrogens is 1. The summed E-state index contributed by atoms with van der Waals surface area (Å²) in [4.78, 5) is 35.2. The Bertz CT molecular complexity index is 740. The van der Waals surface area contributed by atoms with E-state index in [1.54, 1.807) is 0 Å². The predicted molar refractivity (Wildman–Crippen MR) is 73.8 cm³/mol. The van der Waals surface area contributed by atoms with Crippen LogP contribution in [0.5, 0.6) is 0 Å². The first-order valence-corrected chi connectivity index (χ1v) is 5.94. The average molecular weight is 310 g/mol. The Labute approximate surface area is 122 Å². The van der Waals surface area contributed by atoms with Crippen LogP contribution in [-0.2, 0) is 0 Å². The SMILES string of the molecule is O=C(Nc1cccc(Cl)c1C(=O)O)c1ccc([N+](=O)[O-])[nH]1. The lowest BCUT2D eigenvalue weighted by Crippen LogP contribution is -2.15. The standard InChI is InChI=1S/C12H8ClN3O5/c13-6-2-1-3-7(10(6)12(18)19)15-11(17)8-4-5-9(14-8)16(20)21/h1-5,14H,(H,15,17)(H,18,19). The van der Waals surface area contributed by atoms with E-state index in [0.717, 1.165) is 6.07 Å². The zero-order chi connectivity index (χ0) is 15.6. The summed E-state index contributed by atoms with van der Waals surface area (Å²) in [7, 11) is 0. The van der Waals surface area contributed by atoms with E-state index in [-0.39, 0.29) is 27.8 Å². The number of nitrogens with zero attached hydrogens (tertiary/aromatic N) is 1. The fraction of sp³-hybridized carbons (Fsp3) is 0. The second kappa shape index (κ2) is 5.63. The Morgan fingerprint density at radius 3 is 2.57 bits per heavy atom. The van der Waals surface area contributed by atoms with Gasteiger partial charge in [0.2, 0.25) is 0 Å². The van der Waals surface area contributed by atoms with Crippen molar-refractivity contribution < 1.29 is 19.6 Å². The number of anilines is 1. The Morgan fingerprint density at radius 2 is 2.00 bits per heavy atom. The highest BCUT2D eigenvalue weighted by molar-refractivity contribution is 6.34. The second-order valence-electron chi connectivity index (χ2n) is 3.94. The number of hydrogen-bond donors (Lipinski definition) is 3. The summed E-state index contributed by atoms with van der Waals surface area (Å²) in [5.74, 6) is -2.36. The smallest absolute Gasteiger partial charge is 0.339 e. The maximum Gasteiger partial charge on any atom is 0.339 e. The van der Waals surface area contributed by atoms with Crippen molar-refractivity contribution in [3.8, 4) is 0 Å². The number of aromatic carboxylic acids is 1. The fourth-order valence-corrected chi connectivity index (χ4v) is 1.91.